The van der Waals surface area contributed by atoms with Crippen LogP contribution in [0.4, 0.5) is 0 Å². The van der Waals surface area contributed by atoms with Gasteiger partial charge in [-0.3, -0.25) is 9.59 Å². The minimum atomic E-state index is -0.187. The monoisotopic (exact) mass is 349 g/mol. The Balaban J connectivity index is 0.00000324. The molecule has 0 aliphatic rings. The second-order valence-corrected chi connectivity index (χ2v) is 4.59. The van der Waals surface area contributed by atoms with Crippen LogP contribution in [-0.2, 0) is 4.79 Å². The molecule has 0 unspecified atom stereocenters. The van der Waals surface area contributed by atoms with E-state index >= 15 is 0 Å². The molecule has 4 N–H and O–H groups in total. The maximum Gasteiger partial charge on any atom is 0.251 e. The summed E-state index contributed by atoms with van der Waals surface area (Å²) in [6.45, 7) is 1.01. The van der Waals surface area contributed by atoms with E-state index in [2.05, 4.69) is 26.6 Å². The predicted molar refractivity (Wildman–Crippen MR) is 80.4 cm³/mol. The van der Waals surface area contributed by atoms with Gasteiger partial charge in [-0.1, -0.05) is 22.0 Å². The number of hydrogen-bond acceptors (Lipinski definition) is 3. The molecule has 0 saturated carbocycles. The summed E-state index contributed by atoms with van der Waals surface area (Å²) in [6.07, 6.45) is 0.672. The van der Waals surface area contributed by atoms with E-state index in [-0.39, 0.29) is 30.8 Å². The van der Waals surface area contributed by atoms with E-state index in [4.69, 9.17) is 5.73 Å². The first kappa shape index (κ1) is 17.9. The molecule has 0 atom stereocenters. The molecular weight excluding hydrogens is 334 g/mol. The topological polar surface area (TPSA) is 84.2 Å². The van der Waals surface area contributed by atoms with Crippen molar-refractivity contribution in [2.45, 2.75) is 6.42 Å². The molecule has 1 aromatic carbocycles. The lowest BCUT2D eigenvalue weighted by Gasteiger charge is -2.06. The second kappa shape index (κ2) is 9.77. The largest absolute Gasteiger partial charge is 0.355 e. The minimum Gasteiger partial charge on any atom is -0.355 e. The van der Waals surface area contributed by atoms with Crippen molar-refractivity contribution >= 4 is 40.2 Å². The van der Waals surface area contributed by atoms with Gasteiger partial charge >= 0.3 is 0 Å². The number of carbonyl (C=O) groups is 2. The van der Waals surface area contributed by atoms with Gasteiger partial charge in [0.1, 0.15) is 0 Å². The third-order valence-electron chi connectivity index (χ3n) is 2.23. The van der Waals surface area contributed by atoms with Crippen LogP contribution in [-0.4, -0.2) is 31.4 Å². The van der Waals surface area contributed by atoms with Crippen molar-refractivity contribution in [1.82, 2.24) is 10.6 Å². The van der Waals surface area contributed by atoms with Gasteiger partial charge in [-0.25, -0.2) is 0 Å². The van der Waals surface area contributed by atoms with Crippen molar-refractivity contribution in [3.63, 3.8) is 0 Å². The summed E-state index contributed by atoms with van der Waals surface area (Å²) in [4.78, 5) is 22.5. The Morgan fingerprint density at radius 2 is 1.89 bits per heavy atom. The van der Waals surface area contributed by atoms with Gasteiger partial charge < -0.3 is 16.4 Å². The summed E-state index contributed by atoms with van der Waals surface area (Å²) in [5.74, 6) is -0.310. The highest BCUT2D eigenvalue weighted by molar-refractivity contribution is 9.10. The Bertz CT molecular complexity index is 429. The van der Waals surface area contributed by atoms with Gasteiger partial charge in [0.05, 0.1) is 6.54 Å². The number of rotatable bonds is 6. The van der Waals surface area contributed by atoms with Crippen molar-refractivity contribution in [3.8, 4) is 0 Å². The first-order valence-corrected chi connectivity index (χ1v) is 6.43. The Morgan fingerprint density at radius 1 is 1.21 bits per heavy atom. The molecule has 0 aliphatic heterocycles. The summed E-state index contributed by atoms with van der Waals surface area (Å²) in [5, 5.41) is 5.41. The molecule has 0 bridgehead atoms. The zero-order valence-electron chi connectivity index (χ0n) is 10.3. The highest BCUT2D eigenvalue weighted by Gasteiger charge is 2.04. The van der Waals surface area contributed by atoms with Gasteiger partial charge in [0.2, 0.25) is 5.91 Å². The molecule has 0 radical (unpaired) electrons. The Kier molecular flexibility index (Phi) is 9.20. The van der Waals surface area contributed by atoms with Crippen molar-refractivity contribution < 1.29 is 9.59 Å². The molecule has 0 heterocycles. The van der Waals surface area contributed by atoms with Crippen LogP contribution in [0, 0.1) is 0 Å². The molecule has 5 nitrogen and oxygen atoms in total. The van der Waals surface area contributed by atoms with Crippen molar-refractivity contribution in [2.24, 2.45) is 5.73 Å². The number of hydrogen-bond donors (Lipinski definition) is 3. The average molecular weight is 351 g/mol. The molecule has 0 saturated heterocycles. The normalized spacial score (nSPS) is 9.37. The van der Waals surface area contributed by atoms with E-state index in [0.717, 1.165) is 4.47 Å². The number of carbonyl (C=O) groups excluding carboxylic acids is 2. The first-order valence-electron chi connectivity index (χ1n) is 5.64. The van der Waals surface area contributed by atoms with Crippen molar-refractivity contribution in [3.05, 3.63) is 34.3 Å². The Labute approximate surface area is 126 Å². The maximum absolute atomic E-state index is 11.7. The van der Waals surface area contributed by atoms with E-state index in [1.54, 1.807) is 18.2 Å². The molecule has 2 amide bonds. The molecule has 1 rings (SSSR count). The van der Waals surface area contributed by atoms with E-state index in [9.17, 15) is 9.59 Å². The maximum atomic E-state index is 11.7. The highest BCUT2D eigenvalue weighted by Crippen LogP contribution is 2.11. The fraction of sp³-hybridized carbons (Fsp3) is 0.333. The molecule has 19 heavy (non-hydrogen) atoms. The lowest BCUT2D eigenvalue weighted by molar-refractivity contribution is -0.119. The van der Waals surface area contributed by atoms with Gasteiger partial charge in [0, 0.05) is 23.1 Å². The lowest BCUT2D eigenvalue weighted by atomic mass is 10.2. The van der Waals surface area contributed by atoms with Crippen molar-refractivity contribution in [2.75, 3.05) is 19.6 Å². The second-order valence-electron chi connectivity index (χ2n) is 3.67. The molecule has 1 aromatic rings. The quantitative estimate of drug-likeness (QED) is 0.671. The fourth-order valence-corrected chi connectivity index (χ4v) is 1.72. The van der Waals surface area contributed by atoms with Crippen LogP contribution < -0.4 is 16.4 Å². The van der Waals surface area contributed by atoms with Gasteiger partial charge in [0.25, 0.3) is 5.91 Å². The SMILES string of the molecule is Cl.NCC(=O)NCCCNC(=O)c1cccc(Br)c1. The molecule has 0 aromatic heterocycles. The van der Waals surface area contributed by atoms with Crippen LogP contribution in [0.1, 0.15) is 16.8 Å². The van der Waals surface area contributed by atoms with Crippen LogP contribution in [0.5, 0.6) is 0 Å². The molecule has 7 heteroatoms. The predicted octanol–water partition coefficient (Wildman–Crippen LogP) is 1.07. The van der Waals surface area contributed by atoms with Crippen LogP contribution >= 0.6 is 28.3 Å². The van der Waals surface area contributed by atoms with E-state index in [0.29, 0.717) is 25.1 Å². The molecule has 106 valence electrons. The third-order valence-corrected chi connectivity index (χ3v) is 2.73. The highest BCUT2D eigenvalue weighted by atomic mass is 79.9. The standard InChI is InChI=1S/C12H16BrN3O2.ClH/c13-10-4-1-3-9(7-10)12(18)16-6-2-5-15-11(17)8-14;/h1,3-4,7H,2,5-6,8,14H2,(H,15,17)(H,16,18);1H. The number of halogens is 2. The molecule has 0 aliphatic carbocycles. The Hall–Kier alpha value is -1.11. The minimum absolute atomic E-state index is 0. The summed E-state index contributed by atoms with van der Waals surface area (Å²) < 4.78 is 0.866. The zero-order valence-corrected chi connectivity index (χ0v) is 12.7. The number of amides is 2. The number of nitrogens with two attached hydrogens (primary N) is 1. The van der Waals surface area contributed by atoms with Gasteiger partial charge in [-0.2, -0.15) is 0 Å². The zero-order chi connectivity index (χ0) is 13.4. The van der Waals surface area contributed by atoms with Crippen LogP contribution in [0.2, 0.25) is 0 Å². The van der Waals surface area contributed by atoms with E-state index in [1.165, 1.54) is 0 Å². The average Bonchev–Trinajstić information content (AvgIpc) is 2.37. The third kappa shape index (κ3) is 7.15. The first-order chi connectivity index (χ1) is 8.63. The van der Waals surface area contributed by atoms with Gasteiger partial charge in [-0.15, -0.1) is 12.4 Å². The summed E-state index contributed by atoms with van der Waals surface area (Å²) >= 11 is 3.31. The smallest absolute Gasteiger partial charge is 0.251 e. The van der Waals surface area contributed by atoms with Crippen LogP contribution in [0.15, 0.2) is 28.7 Å². The van der Waals surface area contributed by atoms with E-state index < -0.39 is 0 Å². The van der Waals surface area contributed by atoms with Crippen LogP contribution in [0.3, 0.4) is 0 Å². The van der Waals surface area contributed by atoms with E-state index in [1.807, 2.05) is 6.07 Å². The van der Waals surface area contributed by atoms with Crippen LogP contribution in [0.25, 0.3) is 0 Å². The number of benzene rings is 1. The molecular formula is C12H17BrClN3O2. The lowest BCUT2D eigenvalue weighted by Crippen LogP contribution is -2.33. The summed E-state index contributed by atoms with van der Waals surface area (Å²) in [6, 6.07) is 7.17. The number of nitrogens with one attached hydrogen (secondary N) is 2. The Morgan fingerprint density at radius 3 is 2.53 bits per heavy atom. The molecule has 0 spiro atoms. The van der Waals surface area contributed by atoms with Gasteiger partial charge in [0.15, 0.2) is 0 Å². The molecule has 0 fully saturated rings. The summed E-state index contributed by atoms with van der Waals surface area (Å²) in [7, 11) is 0. The van der Waals surface area contributed by atoms with Gasteiger partial charge in [-0.05, 0) is 24.6 Å². The summed E-state index contributed by atoms with van der Waals surface area (Å²) in [5.41, 5.74) is 5.75. The fourth-order valence-electron chi connectivity index (χ4n) is 1.32. The van der Waals surface area contributed by atoms with Crippen molar-refractivity contribution in [1.29, 1.82) is 0 Å².